The number of nitrogens with one attached hydrogen (secondary N) is 2. The van der Waals surface area contributed by atoms with Gasteiger partial charge in [-0.3, -0.25) is 0 Å². The zero-order chi connectivity index (χ0) is 13.8. The number of thiazole rings is 1. The van der Waals surface area contributed by atoms with Gasteiger partial charge in [0.2, 0.25) is 0 Å². The zero-order valence-electron chi connectivity index (χ0n) is 11.8. The lowest BCUT2D eigenvalue weighted by molar-refractivity contribution is 0.224. The molecule has 4 nitrogen and oxygen atoms in total. The van der Waals surface area contributed by atoms with Crippen LogP contribution in [0.3, 0.4) is 0 Å². The van der Waals surface area contributed by atoms with Crippen molar-refractivity contribution >= 4 is 17.4 Å². The Morgan fingerprint density at radius 1 is 1.50 bits per heavy atom. The fraction of sp³-hybridized carbons (Fsp3) is 0.692. The van der Waals surface area contributed by atoms with Crippen molar-refractivity contribution in [2.45, 2.75) is 59.0 Å². The summed E-state index contributed by atoms with van der Waals surface area (Å²) >= 11 is 1.63. The second-order valence-corrected chi connectivity index (χ2v) is 6.37. The number of rotatable bonds is 5. The monoisotopic (exact) mass is 269 g/mol. The maximum absolute atomic E-state index is 11.9. The normalized spacial score (nSPS) is 13.2. The number of hydrogen-bond acceptors (Lipinski definition) is 3. The number of aryl methyl sites for hydroxylation is 1. The predicted molar refractivity (Wildman–Crippen MR) is 75.9 cm³/mol. The minimum absolute atomic E-state index is 0.00337. The van der Waals surface area contributed by atoms with E-state index in [0.29, 0.717) is 0 Å². The minimum atomic E-state index is -0.179. The average molecular weight is 269 g/mol. The molecule has 0 bridgehead atoms. The average Bonchev–Trinajstić information content (AvgIpc) is 2.72. The van der Waals surface area contributed by atoms with E-state index in [1.165, 1.54) is 4.88 Å². The maximum atomic E-state index is 11.9. The number of carbonyl (C=O) groups excluding carboxylic acids is 1. The molecule has 1 atom stereocenters. The van der Waals surface area contributed by atoms with E-state index in [-0.39, 0.29) is 17.6 Å². The van der Waals surface area contributed by atoms with E-state index in [1.807, 2.05) is 33.9 Å². The van der Waals surface area contributed by atoms with Crippen LogP contribution >= 0.6 is 11.3 Å². The van der Waals surface area contributed by atoms with Gasteiger partial charge in [-0.15, -0.1) is 11.3 Å². The first-order valence-corrected chi connectivity index (χ1v) is 7.20. The molecule has 1 aromatic heterocycles. The minimum Gasteiger partial charge on any atom is -0.333 e. The Morgan fingerprint density at radius 2 is 2.17 bits per heavy atom. The van der Waals surface area contributed by atoms with E-state index in [4.69, 9.17) is 0 Å². The highest BCUT2D eigenvalue weighted by Gasteiger charge is 2.21. The van der Waals surface area contributed by atoms with Crippen LogP contribution in [0.4, 0.5) is 4.79 Å². The maximum Gasteiger partial charge on any atom is 0.315 e. The molecule has 0 radical (unpaired) electrons. The highest BCUT2D eigenvalue weighted by atomic mass is 32.1. The Morgan fingerprint density at radius 3 is 2.61 bits per heavy atom. The molecule has 18 heavy (non-hydrogen) atoms. The zero-order valence-corrected chi connectivity index (χ0v) is 12.6. The van der Waals surface area contributed by atoms with E-state index >= 15 is 0 Å². The van der Waals surface area contributed by atoms with Gasteiger partial charge in [0.15, 0.2) is 0 Å². The van der Waals surface area contributed by atoms with Crippen molar-refractivity contribution in [3.05, 3.63) is 16.1 Å². The lowest BCUT2D eigenvalue weighted by atomic mass is 10.0. The number of carbonyl (C=O) groups is 1. The lowest BCUT2D eigenvalue weighted by Gasteiger charge is -2.26. The predicted octanol–water partition coefficient (Wildman–Crippen LogP) is 3.39. The summed E-state index contributed by atoms with van der Waals surface area (Å²) in [4.78, 5) is 17.4. The molecule has 0 aromatic carbocycles. The lowest BCUT2D eigenvalue weighted by Crippen LogP contribution is -2.48. The molecule has 0 aliphatic heterocycles. The largest absolute Gasteiger partial charge is 0.333 e. The van der Waals surface area contributed by atoms with Crippen molar-refractivity contribution < 1.29 is 4.79 Å². The number of urea groups is 1. The fourth-order valence-corrected chi connectivity index (χ4v) is 2.37. The topological polar surface area (TPSA) is 54.0 Å². The van der Waals surface area contributed by atoms with Crippen LogP contribution in [-0.4, -0.2) is 16.6 Å². The first-order chi connectivity index (χ1) is 8.38. The summed E-state index contributed by atoms with van der Waals surface area (Å²) < 4.78 is 0. The van der Waals surface area contributed by atoms with Crippen LogP contribution in [0.2, 0.25) is 0 Å². The highest BCUT2D eigenvalue weighted by molar-refractivity contribution is 7.11. The molecule has 5 heteroatoms. The quantitative estimate of drug-likeness (QED) is 0.861. The number of nitrogens with zero attached hydrogens (tertiary/aromatic N) is 1. The van der Waals surface area contributed by atoms with Gasteiger partial charge in [-0.05, 0) is 33.6 Å². The Bertz CT molecular complexity index is 401. The van der Waals surface area contributed by atoms with E-state index in [9.17, 15) is 4.79 Å². The summed E-state index contributed by atoms with van der Waals surface area (Å²) in [6.45, 7) is 10.2. The van der Waals surface area contributed by atoms with Gasteiger partial charge in [-0.25, -0.2) is 9.78 Å². The first kappa shape index (κ1) is 15.0. The fourth-order valence-electron chi connectivity index (χ4n) is 1.46. The summed E-state index contributed by atoms with van der Waals surface area (Å²) in [5, 5.41) is 6.93. The molecule has 0 spiro atoms. The summed E-state index contributed by atoms with van der Waals surface area (Å²) in [7, 11) is 0. The van der Waals surface area contributed by atoms with Gasteiger partial charge >= 0.3 is 6.03 Å². The van der Waals surface area contributed by atoms with E-state index < -0.39 is 0 Å². The van der Waals surface area contributed by atoms with Crippen LogP contribution in [-0.2, 0) is 0 Å². The molecule has 0 saturated carbocycles. The van der Waals surface area contributed by atoms with Crippen molar-refractivity contribution in [2.24, 2.45) is 0 Å². The molecule has 2 amide bonds. The Hall–Kier alpha value is -1.10. The number of amides is 2. The van der Waals surface area contributed by atoms with Crippen molar-refractivity contribution in [1.82, 2.24) is 15.6 Å². The third kappa shape index (κ3) is 4.29. The molecule has 1 rings (SSSR count). The Kier molecular flexibility index (Phi) is 5.14. The van der Waals surface area contributed by atoms with Crippen LogP contribution < -0.4 is 10.6 Å². The number of aromatic nitrogens is 1. The van der Waals surface area contributed by atoms with E-state index in [1.54, 1.807) is 11.3 Å². The van der Waals surface area contributed by atoms with Gasteiger partial charge in [0.25, 0.3) is 0 Å². The summed E-state index contributed by atoms with van der Waals surface area (Å²) in [5.74, 6) is 0. The van der Waals surface area contributed by atoms with Gasteiger partial charge in [0, 0.05) is 16.6 Å². The summed E-state index contributed by atoms with van der Waals surface area (Å²) in [5.41, 5.74) is -0.179. The molecule has 0 aliphatic carbocycles. The molecule has 102 valence electrons. The van der Waals surface area contributed by atoms with Crippen LogP contribution in [0.5, 0.6) is 0 Å². The Labute approximate surface area is 113 Å². The van der Waals surface area contributed by atoms with Crippen molar-refractivity contribution in [3.63, 3.8) is 0 Å². The van der Waals surface area contributed by atoms with Crippen LogP contribution in [0.25, 0.3) is 0 Å². The SMILES string of the molecule is CC[C@@H](NC(=O)NC(C)(C)CC)c1ncc(C)s1. The smallest absolute Gasteiger partial charge is 0.315 e. The van der Waals surface area contributed by atoms with Gasteiger partial charge in [-0.2, -0.15) is 0 Å². The molecule has 1 heterocycles. The van der Waals surface area contributed by atoms with Gasteiger partial charge in [-0.1, -0.05) is 13.8 Å². The molecule has 0 aliphatic rings. The molecular weight excluding hydrogens is 246 g/mol. The molecule has 0 saturated heterocycles. The Balaban J connectivity index is 2.61. The van der Waals surface area contributed by atoms with Crippen LogP contribution in [0.15, 0.2) is 6.20 Å². The second-order valence-electron chi connectivity index (χ2n) is 5.11. The standard InChI is InChI=1S/C13H23N3OS/c1-6-10(11-14-8-9(3)18-11)15-12(17)16-13(4,5)7-2/h8,10H,6-7H2,1-5H3,(H2,15,16,17)/t10-/m1/s1. The van der Waals surface area contributed by atoms with Gasteiger partial charge in [0.1, 0.15) is 5.01 Å². The molecule has 2 N–H and O–H groups in total. The van der Waals surface area contributed by atoms with E-state index in [0.717, 1.165) is 17.8 Å². The molecule has 1 aromatic rings. The van der Waals surface area contributed by atoms with Crippen molar-refractivity contribution in [3.8, 4) is 0 Å². The number of hydrogen-bond donors (Lipinski definition) is 2. The summed E-state index contributed by atoms with van der Waals surface area (Å²) in [6, 6.07) is -0.127. The second kappa shape index (κ2) is 6.18. The third-order valence-corrected chi connectivity index (χ3v) is 4.01. The third-order valence-electron chi connectivity index (χ3n) is 2.99. The van der Waals surface area contributed by atoms with Gasteiger partial charge in [0.05, 0.1) is 6.04 Å². The van der Waals surface area contributed by atoms with Gasteiger partial charge < -0.3 is 10.6 Å². The van der Waals surface area contributed by atoms with Crippen molar-refractivity contribution in [1.29, 1.82) is 0 Å². The summed E-state index contributed by atoms with van der Waals surface area (Å²) in [6.07, 6.45) is 3.58. The molecule has 0 unspecified atom stereocenters. The first-order valence-electron chi connectivity index (χ1n) is 6.39. The van der Waals surface area contributed by atoms with Crippen LogP contribution in [0, 0.1) is 6.92 Å². The van der Waals surface area contributed by atoms with Crippen LogP contribution in [0.1, 0.15) is 56.5 Å². The van der Waals surface area contributed by atoms with Crippen molar-refractivity contribution in [2.75, 3.05) is 0 Å². The van der Waals surface area contributed by atoms with E-state index in [2.05, 4.69) is 22.5 Å². The highest BCUT2D eigenvalue weighted by Crippen LogP contribution is 2.22. The molecular formula is C13H23N3OS. The molecule has 0 fully saturated rings.